The molecule has 0 atom stereocenters. The van der Waals surface area contributed by atoms with Gasteiger partial charge >= 0.3 is 0 Å². The Hall–Kier alpha value is -1.73. The summed E-state index contributed by atoms with van der Waals surface area (Å²) in [5.74, 6) is -0.193. The first kappa shape index (κ1) is 17.1. The van der Waals surface area contributed by atoms with Crippen LogP contribution in [0.25, 0.3) is 0 Å². The van der Waals surface area contributed by atoms with Crippen LogP contribution in [0.1, 0.15) is 36.8 Å². The molecule has 0 spiro atoms. The second kappa shape index (κ2) is 6.64. The summed E-state index contributed by atoms with van der Waals surface area (Å²) in [6.45, 7) is 5.44. The number of aryl methyl sites for hydroxylation is 2. The Bertz CT molecular complexity index is 804. The zero-order valence-electron chi connectivity index (χ0n) is 13.9. The van der Waals surface area contributed by atoms with Crippen LogP contribution in [0.15, 0.2) is 35.5 Å². The maximum atomic E-state index is 13.6. The second-order valence-electron chi connectivity index (χ2n) is 6.27. The first-order valence-corrected chi connectivity index (χ1v) is 9.64. The maximum absolute atomic E-state index is 13.6. The van der Waals surface area contributed by atoms with Crippen molar-refractivity contribution < 1.29 is 12.8 Å². The van der Waals surface area contributed by atoms with Crippen LogP contribution in [0.3, 0.4) is 0 Å². The van der Waals surface area contributed by atoms with Crippen molar-refractivity contribution in [1.82, 2.24) is 14.1 Å². The zero-order chi connectivity index (χ0) is 17.3. The van der Waals surface area contributed by atoms with E-state index in [1.807, 2.05) is 24.0 Å². The molecule has 1 aromatic carbocycles. The molecule has 7 heteroatoms. The third kappa shape index (κ3) is 3.37. The van der Waals surface area contributed by atoms with Crippen molar-refractivity contribution in [2.45, 2.75) is 44.0 Å². The topological polar surface area (TPSA) is 55.2 Å². The fourth-order valence-electron chi connectivity index (χ4n) is 3.19. The molecule has 24 heavy (non-hydrogen) atoms. The first-order valence-electron chi connectivity index (χ1n) is 8.20. The molecule has 3 rings (SSSR count). The highest BCUT2D eigenvalue weighted by Crippen LogP contribution is 2.30. The molecule has 2 aromatic rings. The summed E-state index contributed by atoms with van der Waals surface area (Å²) in [7, 11) is -3.64. The van der Waals surface area contributed by atoms with Crippen LogP contribution in [0.2, 0.25) is 0 Å². The van der Waals surface area contributed by atoms with Gasteiger partial charge in [-0.1, -0.05) is 0 Å². The summed E-state index contributed by atoms with van der Waals surface area (Å²) >= 11 is 0. The third-order valence-electron chi connectivity index (χ3n) is 4.56. The number of rotatable bonds is 4. The van der Waals surface area contributed by atoms with Crippen molar-refractivity contribution in [3.8, 4) is 0 Å². The summed E-state index contributed by atoms with van der Waals surface area (Å²) < 4.78 is 42.4. The van der Waals surface area contributed by atoms with E-state index < -0.39 is 15.8 Å². The minimum Gasteiger partial charge on any atom is -0.273 e. The Labute approximate surface area is 142 Å². The highest BCUT2D eigenvalue weighted by Gasteiger charge is 2.30. The number of aromatic nitrogens is 2. The van der Waals surface area contributed by atoms with Gasteiger partial charge in [-0.2, -0.15) is 9.40 Å². The van der Waals surface area contributed by atoms with Crippen LogP contribution in [-0.4, -0.2) is 35.6 Å². The van der Waals surface area contributed by atoms with Gasteiger partial charge in [0.05, 0.1) is 11.1 Å². The van der Waals surface area contributed by atoms with E-state index >= 15 is 0 Å². The highest BCUT2D eigenvalue weighted by molar-refractivity contribution is 7.89. The number of benzene rings is 1. The van der Waals surface area contributed by atoms with Gasteiger partial charge in [-0.25, -0.2) is 12.8 Å². The molecule has 1 fully saturated rings. The number of piperidine rings is 1. The molecule has 0 radical (unpaired) electrons. The summed E-state index contributed by atoms with van der Waals surface area (Å²) in [6, 6.07) is 3.95. The molecule has 5 nitrogen and oxygen atoms in total. The van der Waals surface area contributed by atoms with Crippen LogP contribution >= 0.6 is 0 Å². The number of sulfonamides is 1. The molecule has 0 N–H and O–H groups in total. The molecule has 1 saturated heterocycles. The van der Waals surface area contributed by atoms with Gasteiger partial charge in [0.15, 0.2) is 0 Å². The van der Waals surface area contributed by atoms with E-state index in [-0.39, 0.29) is 4.90 Å². The SMILES string of the molecule is CCn1cc(C2CCN(S(=O)(=O)c3cc(C)cc(F)c3)CC2)cn1. The average Bonchev–Trinajstić information content (AvgIpc) is 3.03. The lowest BCUT2D eigenvalue weighted by Gasteiger charge is -2.30. The molecule has 0 saturated carbocycles. The van der Waals surface area contributed by atoms with Crippen LogP contribution in [0.4, 0.5) is 4.39 Å². The summed E-state index contributed by atoms with van der Waals surface area (Å²) in [5, 5.41) is 4.29. The van der Waals surface area contributed by atoms with Crippen molar-refractivity contribution in [3.63, 3.8) is 0 Å². The van der Waals surface area contributed by atoms with Crippen LogP contribution in [0.5, 0.6) is 0 Å². The molecule has 2 heterocycles. The largest absolute Gasteiger partial charge is 0.273 e. The maximum Gasteiger partial charge on any atom is 0.243 e. The van der Waals surface area contributed by atoms with Crippen molar-refractivity contribution in [3.05, 3.63) is 47.5 Å². The van der Waals surface area contributed by atoms with Crippen molar-refractivity contribution in [2.24, 2.45) is 0 Å². The van der Waals surface area contributed by atoms with Gasteiger partial charge in [0.25, 0.3) is 0 Å². The molecule has 1 aliphatic rings. The lowest BCUT2D eigenvalue weighted by Crippen LogP contribution is -2.37. The Morgan fingerprint density at radius 2 is 1.96 bits per heavy atom. The molecular weight excluding hydrogens is 329 g/mol. The second-order valence-corrected chi connectivity index (χ2v) is 8.21. The van der Waals surface area contributed by atoms with Gasteiger partial charge in [0.2, 0.25) is 10.0 Å². The molecule has 0 unspecified atom stereocenters. The monoisotopic (exact) mass is 351 g/mol. The molecular formula is C17H22FN3O2S. The molecule has 0 aliphatic carbocycles. The lowest BCUT2D eigenvalue weighted by molar-refractivity contribution is 0.319. The standard InChI is InChI=1S/C17H22FN3O2S/c1-3-20-12-15(11-19-20)14-4-6-21(7-5-14)24(22,23)17-9-13(2)8-16(18)10-17/h8-12,14H,3-7H2,1-2H3. The van der Waals surface area contributed by atoms with Crippen LogP contribution in [0, 0.1) is 12.7 Å². The Balaban J connectivity index is 1.73. The Morgan fingerprint density at radius 3 is 2.54 bits per heavy atom. The van der Waals surface area contributed by atoms with E-state index in [9.17, 15) is 12.8 Å². The van der Waals surface area contributed by atoms with Crippen LogP contribution < -0.4 is 0 Å². The van der Waals surface area contributed by atoms with Crippen molar-refractivity contribution in [2.75, 3.05) is 13.1 Å². The van der Waals surface area contributed by atoms with Crippen LogP contribution in [-0.2, 0) is 16.6 Å². The molecule has 1 aliphatic heterocycles. The summed E-state index contributed by atoms with van der Waals surface area (Å²) in [4.78, 5) is 0.0391. The zero-order valence-corrected chi connectivity index (χ0v) is 14.8. The first-order chi connectivity index (χ1) is 11.4. The van der Waals surface area contributed by atoms with E-state index in [0.29, 0.717) is 24.6 Å². The molecule has 1 aromatic heterocycles. The summed E-state index contributed by atoms with van der Waals surface area (Å²) in [6.07, 6.45) is 5.41. The fraction of sp³-hybridized carbons (Fsp3) is 0.471. The minimum atomic E-state index is -3.64. The normalized spacial score (nSPS) is 17.3. The van der Waals surface area contributed by atoms with E-state index in [4.69, 9.17) is 0 Å². The number of halogens is 1. The average molecular weight is 351 g/mol. The minimum absolute atomic E-state index is 0.0391. The van der Waals surface area contributed by atoms with Crippen molar-refractivity contribution in [1.29, 1.82) is 0 Å². The van der Waals surface area contributed by atoms with Gasteiger partial charge in [-0.15, -0.1) is 0 Å². The number of nitrogens with zero attached hydrogens (tertiary/aromatic N) is 3. The van der Waals surface area contributed by atoms with E-state index in [2.05, 4.69) is 5.10 Å². The van der Waals surface area contributed by atoms with Gasteiger partial charge in [-0.3, -0.25) is 4.68 Å². The van der Waals surface area contributed by atoms with E-state index in [0.717, 1.165) is 31.0 Å². The highest BCUT2D eigenvalue weighted by atomic mass is 32.2. The van der Waals surface area contributed by atoms with Gasteiger partial charge < -0.3 is 0 Å². The van der Waals surface area contributed by atoms with E-state index in [1.54, 1.807) is 6.92 Å². The number of hydrogen-bond acceptors (Lipinski definition) is 3. The predicted molar refractivity (Wildman–Crippen MR) is 89.8 cm³/mol. The van der Waals surface area contributed by atoms with Crippen molar-refractivity contribution >= 4 is 10.0 Å². The third-order valence-corrected chi connectivity index (χ3v) is 6.43. The molecule has 0 amide bonds. The van der Waals surface area contributed by atoms with Gasteiger partial charge in [0, 0.05) is 25.8 Å². The smallest absolute Gasteiger partial charge is 0.243 e. The Kier molecular flexibility index (Phi) is 4.73. The fourth-order valence-corrected chi connectivity index (χ4v) is 4.78. The Morgan fingerprint density at radius 1 is 1.25 bits per heavy atom. The molecule has 0 bridgehead atoms. The molecule has 130 valence electrons. The quantitative estimate of drug-likeness (QED) is 0.851. The predicted octanol–water partition coefficient (Wildman–Crippen LogP) is 2.92. The summed E-state index contributed by atoms with van der Waals surface area (Å²) in [5.41, 5.74) is 1.77. The van der Waals surface area contributed by atoms with Gasteiger partial charge in [0.1, 0.15) is 5.82 Å². The lowest BCUT2D eigenvalue weighted by atomic mass is 9.93. The van der Waals surface area contributed by atoms with Gasteiger partial charge in [-0.05, 0) is 61.9 Å². The number of hydrogen-bond donors (Lipinski definition) is 0. The van der Waals surface area contributed by atoms with E-state index in [1.165, 1.54) is 16.4 Å².